The molecule has 0 aromatic carbocycles. The van der Waals surface area contributed by atoms with Gasteiger partial charge in [0.15, 0.2) is 0 Å². The molecule has 1 aliphatic rings. The second kappa shape index (κ2) is 1.80. The molecule has 1 rings (SSSR count). The van der Waals surface area contributed by atoms with E-state index < -0.39 is 0 Å². The molecule has 1 aliphatic heterocycles. The van der Waals surface area contributed by atoms with Crippen molar-refractivity contribution in [3.63, 3.8) is 0 Å². The smallest absolute Gasteiger partial charge is 0.0824 e. The summed E-state index contributed by atoms with van der Waals surface area (Å²) in [6.07, 6.45) is 1.53. The van der Waals surface area contributed by atoms with E-state index in [0.717, 1.165) is 13.0 Å². The predicted molar refractivity (Wildman–Crippen MR) is 28.0 cm³/mol. The van der Waals surface area contributed by atoms with Gasteiger partial charge in [0.2, 0.25) is 0 Å². The number of hydrogen-bond donors (Lipinski definition) is 1. The highest BCUT2D eigenvalue weighted by Gasteiger charge is 2.22. The van der Waals surface area contributed by atoms with Gasteiger partial charge >= 0.3 is 0 Å². The van der Waals surface area contributed by atoms with Gasteiger partial charge in [-0.3, -0.25) is 0 Å². The molecule has 0 amide bonds. The first kappa shape index (κ1) is 5.06. The molecule has 0 radical (unpaired) electrons. The minimum atomic E-state index is 0.312. The molecule has 2 heteroatoms. The third kappa shape index (κ3) is 1.90. The van der Waals surface area contributed by atoms with E-state index in [2.05, 4.69) is 0 Å². The predicted octanol–water partition coefficient (Wildman–Crippen LogP) is 0.123. The maximum atomic E-state index is 5.45. The van der Waals surface area contributed by atoms with Crippen LogP contribution >= 0.6 is 0 Å². The maximum absolute atomic E-state index is 5.45. The van der Waals surface area contributed by atoms with Gasteiger partial charge in [-0.15, -0.1) is 0 Å². The van der Waals surface area contributed by atoms with Gasteiger partial charge in [0.25, 0.3) is 0 Å². The molecule has 7 heavy (non-hydrogen) atoms. The first-order valence-electron chi connectivity index (χ1n) is 2.66. The normalized spacial score (nSPS) is 32.6. The van der Waals surface area contributed by atoms with Gasteiger partial charge < -0.3 is 10.5 Å². The third-order valence-corrected chi connectivity index (χ3v) is 1.04. The van der Waals surface area contributed by atoms with Crippen LogP contribution in [-0.4, -0.2) is 18.8 Å². The molecule has 2 N–H and O–H groups in total. The van der Waals surface area contributed by atoms with Crippen LogP contribution in [0.1, 0.15) is 13.3 Å². The Balaban J connectivity index is 1.97. The van der Waals surface area contributed by atoms with Crippen molar-refractivity contribution in [1.29, 1.82) is 0 Å². The van der Waals surface area contributed by atoms with Gasteiger partial charge in [0.1, 0.15) is 0 Å². The Morgan fingerprint density at radius 1 is 2.00 bits per heavy atom. The standard InChI is InChI=1S/C5H11NO/c1-4(6)2-5-3-7-5/h4-5H,2-3,6H2,1H3. The zero-order chi connectivity index (χ0) is 5.28. The van der Waals surface area contributed by atoms with Crippen LogP contribution in [0.5, 0.6) is 0 Å². The van der Waals surface area contributed by atoms with Crippen LogP contribution in [0, 0.1) is 0 Å². The van der Waals surface area contributed by atoms with E-state index >= 15 is 0 Å². The monoisotopic (exact) mass is 101 g/mol. The molecule has 0 aliphatic carbocycles. The van der Waals surface area contributed by atoms with Crippen molar-refractivity contribution in [2.24, 2.45) is 5.73 Å². The lowest BCUT2D eigenvalue weighted by Gasteiger charge is -1.96. The van der Waals surface area contributed by atoms with Gasteiger partial charge in [-0.2, -0.15) is 0 Å². The molecule has 0 aromatic heterocycles. The molecule has 0 spiro atoms. The molecule has 1 fully saturated rings. The average Bonchev–Trinajstić information content (AvgIpc) is 2.17. The first-order valence-corrected chi connectivity index (χ1v) is 2.66. The van der Waals surface area contributed by atoms with E-state index in [1.807, 2.05) is 6.92 Å². The first-order chi connectivity index (χ1) is 3.29. The minimum Gasteiger partial charge on any atom is -0.373 e. The average molecular weight is 101 g/mol. The van der Waals surface area contributed by atoms with Crippen LogP contribution < -0.4 is 5.73 Å². The summed E-state index contributed by atoms with van der Waals surface area (Å²) in [5.74, 6) is 0. The topological polar surface area (TPSA) is 38.5 Å². The van der Waals surface area contributed by atoms with Gasteiger partial charge in [-0.25, -0.2) is 0 Å². The number of epoxide rings is 1. The number of hydrogen-bond acceptors (Lipinski definition) is 2. The minimum absolute atomic E-state index is 0.312. The second-order valence-electron chi connectivity index (χ2n) is 2.17. The number of rotatable bonds is 2. The van der Waals surface area contributed by atoms with Crippen molar-refractivity contribution in [3.05, 3.63) is 0 Å². The Morgan fingerprint density at radius 3 is 2.71 bits per heavy atom. The quantitative estimate of drug-likeness (QED) is 0.502. The van der Waals surface area contributed by atoms with E-state index in [1.54, 1.807) is 0 Å². The Hall–Kier alpha value is -0.0800. The van der Waals surface area contributed by atoms with Crippen molar-refractivity contribution in [3.8, 4) is 0 Å². The van der Waals surface area contributed by atoms with Gasteiger partial charge in [-0.1, -0.05) is 0 Å². The van der Waals surface area contributed by atoms with Gasteiger partial charge in [0.05, 0.1) is 12.7 Å². The molecular weight excluding hydrogens is 90.1 g/mol. The molecule has 2 atom stereocenters. The highest BCUT2D eigenvalue weighted by atomic mass is 16.6. The van der Waals surface area contributed by atoms with E-state index in [4.69, 9.17) is 10.5 Å². The summed E-state index contributed by atoms with van der Waals surface area (Å²) in [6.45, 7) is 2.93. The highest BCUT2D eigenvalue weighted by Crippen LogP contribution is 2.13. The van der Waals surface area contributed by atoms with Crippen molar-refractivity contribution >= 4 is 0 Å². The summed E-state index contributed by atoms with van der Waals surface area (Å²) in [7, 11) is 0. The van der Waals surface area contributed by atoms with Crippen LogP contribution in [0.3, 0.4) is 0 Å². The third-order valence-electron chi connectivity index (χ3n) is 1.04. The van der Waals surface area contributed by atoms with Crippen molar-refractivity contribution < 1.29 is 4.74 Å². The fourth-order valence-corrected chi connectivity index (χ4v) is 0.619. The summed E-state index contributed by atoms with van der Waals surface area (Å²) in [5, 5.41) is 0. The number of ether oxygens (including phenoxy) is 1. The van der Waals surface area contributed by atoms with Gasteiger partial charge in [0, 0.05) is 6.04 Å². The maximum Gasteiger partial charge on any atom is 0.0824 e. The molecule has 1 saturated heterocycles. The Kier molecular flexibility index (Phi) is 1.30. The fourth-order valence-electron chi connectivity index (χ4n) is 0.619. The van der Waals surface area contributed by atoms with Crippen molar-refractivity contribution in [2.75, 3.05) is 6.61 Å². The molecule has 2 unspecified atom stereocenters. The molecule has 0 bridgehead atoms. The lowest BCUT2D eigenvalue weighted by molar-refractivity contribution is 0.384. The lowest BCUT2D eigenvalue weighted by atomic mass is 10.2. The van der Waals surface area contributed by atoms with Crippen LogP contribution in [-0.2, 0) is 4.74 Å². The molecule has 0 aromatic rings. The summed E-state index contributed by atoms with van der Waals surface area (Å²) in [6, 6.07) is 0.312. The lowest BCUT2D eigenvalue weighted by Crippen LogP contribution is -2.16. The van der Waals surface area contributed by atoms with Crippen LogP contribution in [0.2, 0.25) is 0 Å². The van der Waals surface area contributed by atoms with Crippen molar-refractivity contribution in [1.82, 2.24) is 0 Å². The van der Waals surface area contributed by atoms with Gasteiger partial charge in [-0.05, 0) is 13.3 Å². The van der Waals surface area contributed by atoms with E-state index in [0.29, 0.717) is 12.1 Å². The summed E-state index contributed by atoms with van der Waals surface area (Å²) < 4.78 is 4.94. The fraction of sp³-hybridized carbons (Fsp3) is 1.00. The van der Waals surface area contributed by atoms with Crippen LogP contribution in [0.25, 0.3) is 0 Å². The van der Waals surface area contributed by atoms with E-state index in [-0.39, 0.29) is 0 Å². The summed E-state index contributed by atoms with van der Waals surface area (Å²) in [4.78, 5) is 0. The largest absolute Gasteiger partial charge is 0.373 e. The summed E-state index contributed by atoms with van der Waals surface area (Å²) >= 11 is 0. The summed E-state index contributed by atoms with van der Waals surface area (Å²) in [5.41, 5.74) is 5.45. The highest BCUT2D eigenvalue weighted by molar-refractivity contribution is 4.72. The molecular formula is C5H11NO. The second-order valence-corrected chi connectivity index (χ2v) is 2.17. The molecule has 1 heterocycles. The van der Waals surface area contributed by atoms with E-state index in [1.165, 1.54) is 0 Å². The van der Waals surface area contributed by atoms with Crippen LogP contribution in [0.15, 0.2) is 0 Å². The Labute approximate surface area is 43.6 Å². The zero-order valence-electron chi connectivity index (χ0n) is 4.55. The van der Waals surface area contributed by atoms with E-state index in [9.17, 15) is 0 Å². The SMILES string of the molecule is CC(N)CC1CO1. The Bertz CT molecular complexity index is 59.1. The number of nitrogens with two attached hydrogens (primary N) is 1. The zero-order valence-corrected chi connectivity index (χ0v) is 4.55. The molecule has 42 valence electrons. The Morgan fingerprint density at radius 2 is 2.57 bits per heavy atom. The van der Waals surface area contributed by atoms with Crippen molar-refractivity contribution in [2.45, 2.75) is 25.5 Å². The molecule has 0 saturated carbocycles. The van der Waals surface area contributed by atoms with Crippen LogP contribution in [0.4, 0.5) is 0 Å². The molecule has 2 nitrogen and oxygen atoms in total.